The van der Waals surface area contributed by atoms with Crippen molar-refractivity contribution in [3.05, 3.63) is 53.1 Å². The molecule has 2 rings (SSSR count). The predicted molar refractivity (Wildman–Crippen MR) is 87.6 cm³/mol. The molecule has 4 nitrogen and oxygen atoms in total. The van der Waals surface area contributed by atoms with E-state index in [1.807, 2.05) is 19.9 Å². The lowest BCUT2D eigenvalue weighted by molar-refractivity contribution is 0.601. The van der Waals surface area contributed by atoms with Gasteiger partial charge in [-0.3, -0.25) is 4.72 Å². The van der Waals surface area contributed by atoms with Crippen molar-refractivity contribution in [2.75, 3.05) is 16.6 Å². The Labute approximate surface area is 130 Å². The smallest absolute Gasteiger partial charge is 0.263 e. The van der Waals surface area contributed by atoms with Gasteiger partial charge >= 0.3 is 0 Å². The Morgan fingerprint density at radius 2 is 1.81 bits per heavy atom. The number of aryl methyl sites for hydroxylation is 1. The Morgan fingerprint density at radius 3 is 2.52 bits per heavy atom. The maximum atomic E-state index is 12.6. The summed E-state index contributed by atoms with van der Waals surface area (Å²) in [5.41, 5.74) is 1.87. The molecule has 0 saturated heterocycles. The lowest BCUT2D eigenvalue weighted by Crippen LogP contribution is -2.15. The monoisotopic (exact) mass is 324 g/mol. The minimum absolute atomic E-state index is 0.199. The maximum Gasteiger partial charge on any atom is 0.263 e. The van der Waals surface area contributed by atoms with Gasteiger partial charge in [-0.25, -0.2) is 8.42 Å². The van der Waals surface area contributed by atoms with Crippen LogP contribution in [0.1, 0.15) is 12.5 Å². The van der Waals surface area contributed by atoms with Crippen LogP contribution in [0.5, 0.6) is 0 Å². The van der Waals surface area contributed by atoms with E-state index in [0.717, 1.165) is 5.56 Å². The van der Waals surface area contributed by atoms with Gasteiger partial charge in [0.05, 0.1) is 16.4 Å². The first kappa shape index (κ1) is 15.7. The van der Waals surface area contributed by atoms with Crippen molar-refractivity contribution in [3.8, 4) is 0 Å². The highest BCUT2D eigenvalue weighted by Crippen LogP contribution is 2.28. The second-order valence-electron chi connectivity index (χ2n) is 4.62. The van der Waals surface area contributed by atoms with Crippen molar-refractivity contribution in [1.82, 2.24) is 0 Å². The van der Waals surface area contributed by atoms with Crippen LogP contribution in [0.25, 0.3) is 0 Å². The van der Waals surface area contributed by atoms with Crippen molar-refractivity contribution in [3.63, 3.8) is 0 Å². The molecule has 0 spiro atoms. The van der Waals surface area contributed by atoms with E-state index in [-0.39, 0.29) is 4.90 Å². The lowest BCUT2D eigenvalue weighted by atomic mass is 10.2. The second kappa shape index (κ2) is 6.37. The minimum atomic E-state index is -3.70. The first-order valence-electron chi connectivity index (χ1n) is 6.56. The summed E-state index contributed by atoms with van der Waals surface area (Å²) >= 11 is 6.05. The summed E-state index contributed by atoms with van der Waals surface area (Å²) in [7, 11) is -3.70. The highest BCUT2D eigenvalue weighted by Gasteiger charge is 2.19. The summed E-state index contributed by atoms with van der Waals surface area (Å²) in [4.78, 5) is 0.199. The summed E-state index contributed by atoms with van der Waals surface area (Å²) in [5.74, 6) is 0. The standard InChI is InChI=1S/C15H17ClN2O2S/c1-3-17-13-6-4-5-7-15(13)21(19,20)18-14-10-11(2)8-9-12(14)16/h4-10,17-18H,3H2,1-2H3. The molecule has 0 bridgehead atoms. The summed E-state index contributed by atoms with van der Waals surface area (Å²) in [6.07, 6.45) is 0. The SMILES string of the molecule is CCNc1ccccc1S(=O)(=O)Nc1cc(C)ccc1Cl. The third-order valence-electron chi connectivity index (χ3n) is 2.91. The fraction of sp³-hybridized carbons (Fsp3) is 0.200. The van der Waals surface area contributed by atoms with Crippen molar-refractivity contribution >= 4 is 33.0 Å². The van der Waals surface area contributed by atoms with Crippen molar-refractivity contribution < 1.29 is 8.42 Å². The number of benzene rings is 2. The first-order valence-corrected chi connectivity index (χ1v) is 8.42. The van der Waals surface area contributed by atoms with Gasteiger partial charge in [0.25, 0.3) is 10.0 Å². The highest BCUT2D eigenvalue weighted by atomic mass is 35.5. The van der Waals surface area contributed by atoms with Crippen LogP contribution in [0.4, 0.5) is 11.4 Å². The maximum absolute atomic E-state index is 12.6. The fourth-order valence-electron chi connectivity index (χ4n) is 1.95. The summed E-state index contributed by atoms with van der Waals surface area (Å²) in [6.45, 7) is 4.42. The number of para-hydroxylation sites is 1. The van der Waals surface area contributed by atoms with Crippen molar-refractivity contribution in [2.45, 2.75) is 18.7 Å². The van der Waals surface area contributed by atoms with Gasteiger partial charge in [-0.05, 0) is 43.7 Å². The zero-order chi connectivity index (χ0) is 15.5. The van der Waals surface area contributed by atoms with E-state index in [9.17, 15) is 8.42 Å². The number of hydrogen-bond donors (Lipinski definition) is 2. The van der Waals surface area contributed by atoms with Crippen LogP contribution in [0.15, 0.2) is 47.4 Å². The van der Waals surface area contributed by atoms with Crippen LogP contribution in [0.3, 0.4) is 0 Å². The van der Waals surface area contributed by atoms with Gasteiger partial charge in [-0.1, -0.05) is 29.8 Å². The molecule has 0 unspecified atom stereocenters. The molecule has 0 aliphatic carbocycles. The molecule has 0 aliphatic heterocycles. The molecule has 0 aromatic heterocycles. The fourth-order valence-corrected chi connectivity index (χ4v) is 3.43. The van der Waals surface area contributed by atoms with Crippen LogP contribution in [0.2, 0.25) is 5.02 Å². The van der Waals surface area contributed by atoms with Gasteiger partial charge in [-0.15, -0.1) is 0 Å². The summed E-state index contributed by atoms with van der Waals surface area (Å²) in [5, 5.41) is 3.41. The predicted octanol–water partition coefficient (Wildman–Crippen LogP) is 3.88. The molecule has 112 valence electrons. The number of halogens is 1. The molecule has 0 fully saturated rings. The Hall–Kier alpha value is -1.72. The zero-order valence-electron chi connectivity index (χ0n) is 11.9. The summed E-state index contributed by atoms with van der Waals surface area (Å²) in [6, 6.07) is 12.0. The molecule has 6 heteroatoms. The minimum Gasteiger partial charge on any atom is -0.384 e. The Morgan fingerprint density at radius 1 is 1.10 bits per heavy atom. The molecule has 0 saturated carbocycles. The molecule has 0 aliphatic rings. The molecular formula is C15H17ClN2O2S. The Kier molecular flexibility index (Phi) is 4.75. The van der Waals surface area contributed by atoms with Crippen LogP contribution < -0.4 is 10.0 Å². The van der Waals surface area contributed by atoms with E-state index in [4.69, 9.17) is 11.6 Å². The average Bonchev–Trinajstić information content (AvgIpc) is 2.43. The van der Waals surface area contributed by atoms with Gasteiger partial charge in [0.15, 0.2) is 0 Å². The van der Waals surface area contributed by atoms with Crippen LogP contribution >= 0.6 is 11.6 Å². The molecule has 2 aromatic carbocycles. The largest absolute Gasteiger partial charge is 0.384 e. The van der Waals surface area contributed by atoms with Crippen molar-refractivity contribution in [2.24, 2.45) is 0 Å². The Balaban J connectivity index is 2.41. The van der Waals surface area contributed by atoms with Gasteiger partial charge in [-0.2, -0.15) is 0 Å². The van der Waals surface area contributed by atoms with Crippen LogP contribution in [-0.4, -0.2) is 15.0 Å². The number of rotatable bonds is 5. The van der Waals surface area contributed by atoms with Gasteiger partial charge in [0.1, 0.15) is 4.90 Å². The number of nitrogens with one attached hydrogen (secondary N) is 2. The van der Waals surface area contributed by atoms with Crippen LogP contribution in [0, 0.1) is 6.92 Å². The Bertz CT molecular complexity index is 745. The molecule has 2 aromatic rings. The van der Waals surface area contributed by atoms with Crippen molar-refractivity contribution in [1.29, 1.82) is 0 Å². The van der Waals surface area contributed by atoms with Gasteiger partial charge < -0.3 is 5.32 Å². The summed E-state index contributed by atoms with van der Waals surface area (Å²) < 4.78 is 27.6. The number of anilines is 2. The molecule has 0 amide bonds. The van der Waals surface area contributed by atoms with E-state index >= 15 is 0 Å². The average molecular weight is 325 g/mol. The highest BCUT2D eigenvalue weighted by molar-refractivity contribution is 7.92. The van der Waals surface area contributed by atoms with E-state index in [2.05, 4.69) is 10.0 Å². The van der Waals surface area contributed by atoms with E-state index in [0.29, 0.717) is 22.9 Å². The van der Waals surface area contributed by atoms with Crippen LogP contribution in [-0.2, 0) is 10.0 Å². The van der Waals surface area contributed by atoms with E-state index in [1.165, 1.54) is 0 Å². The normalized spacial score (nSPS) is 11.2. The zero-order valence-corrected chi connectivity index (χ0v) is 13.4. The third kappa shape index (κ3) is 3.68. The second-order valence-corrected chi connectivity index (χ2v) is 6.67. The molecule has 0 atom stereocenters. The molecule has 21 heavy (non-hydrogen) atoms. The first-order chi connectivity index (χ1) is 9.94. The lowest BCUT2D eigenvalue weighted by Gasteiger charge is -2.14. The topological polar surface area (TPSA) is 58.2 Å². The van der Waals surface area contributed by atoms with Gasteiger partial charge in [0, 0.05) is 6.54 Å². The number of sulfonamides is 1. The molecule has 2 N–H and O–H groups in total. The number of hydrogen-bond acceptors (Lipinski definition) is 3. The molecule has 0 heterocycles. The van der Waals surface area contributed by atoms with E-state index < -0.39 is 10.0 Å². The molecule has 0 radical (unpaired) electrons. The quantitative estimate of drug-likeness (QED) is 0.877. The van der Waals surface area contributed by atoms with E-state index in [1.54, 1.807) is 36.4 Å². The van der Waals surface area contributed by atoms with Gasteiger partial charge in [0.2, 0.25) is 0 Å². The molecular weight excluding hydrogens is 308 g/mol. The third-order valence-corrected chi connectivity index (χ3v) is 4.66.